The molecular formula is C71H118O6. The summed E-state index contributed by atoms with van der Waals surface area (Å²) in [5, 5.41) is 0. The Morgan fingerprint density at radius 3 is 0.857 bits per heavy atom. The van der Waals surface area contributed by atoms with Crippen molar-refractivity contribution in [1.82, 2.24) is 0 Å². The lowest BCUT2D eigenvalue weighted by atomic mass is 10.0. The van der Waals surface area contributed by atoms with Crippen molar-refractivity contribution in [3.63, 3.8) is 0 Å². The van der Waals surface area contributed by atoms with Crippen molar-refractivity contribution in [3.05, 3.63) is 122 Å². The Balaban J connectivity index is 4.27. The van der Waals surface area contributed by atoms with Crippen LogP contribution in [-0.2, 0) is 28.6 Å². The molecule has 0 amide bonds. The van der Waals surface area contributed by atoms with Crippen LogP contribution in [0.15, 0.2) is 122 Å². The van der Waals surface area contributed by atoms with Gasteiger partial charge in [0.1, 0.15) is 13.2 Å². The van der Waals surface area contributed by atoms with Crippen molar-refractivity contribution in [2.45, 2.75) is 297 Å². The van der Waals surface area contributed by atoms with Crippen LogP contribution >= 0.6 is 0 Å². The van der Waals surface area contributed by atoms with Gasteiger partial charge in [-0.3, -0.25) is 14.4 Å². The lowest BCUT2D eigenvalue weighted by Crippen LogP contribution is -2.30. The Bertz CT molecular complexity index is 1600. The number of esters is 3. The van der Waals surface area contributed by atoms with Crippen LogP contribution in [0.5, 0.6) is 0 Å². The number of allylic oxidation sites excluding steroid dienone is 20. The summed E-state index contributed by atoms with van der Waals surface area (Å²) in [6.07, 6.45) is 89.5. The molecule has 6 heteroatoms. The van der Waals surface area contributed by atoms with Gasteiger partial charge in [-0.15, -0.1) is 0 Å². The number of carbonyl (C=O) groups is 3. The number of carbonyl (C=O) groups excluding carboxylic acids is 3. The second-order valence-electron chi connectivity index (χ2n) is 20.9. The Morgan fingerprint density at radius 1 is 0.273 bits per heavy atom. The van der Waals surface area contributed by atoms with Gasteiger partial charge < -0.3 is 14.2 Å². The molecule has 0 rings (SSSR count). The average Bonchev–Trinajstić information content (AvgIpc) is 3.43. The maximum absolute atomic E-state index is 12.9. The van der Waals surface area contributed by atoms with E-state index in [1.165, 1.54) is 141 Å². The molecule has 77 heavy (non-hydrogen) atoms. The van der Waals surface area contributed by atoms with Crippen molar-refractivity contribution in [2.75, 3.05) is 13.2 Å². The highest BCUT2D eigenvalue weighted by Crippen LogP contribution is 2.15. The molecule has 0 saturated carbocycles. The van der Waals surface area contributed by atoms with Crippen LogP contribution in [0.2, 0.25) is 0 Å². The first-order chi connectivity index (χ1) is 38.0. The molecule has 0 spiro atoms. The Morgan fingerprint density at radius 2 is 0.519 bits per heavy atom. The molecule has 0 aromatic rings. The first kappa shape index (κ1) is 72.8. The molecule has 0 aromatic carbocycles. The number of hydrogen-bond acceptors (Lipinski definition) is 6. The normalized spacial score (nSPS) is 12.9. The van der Waals surface area contributed by atoms with Crippen LogP contribution in [0, 0.1) is 0 Å². The molecule has 0 fully saturated rings. The summed E-state index contributed by atoms with van der Waals surface area (Å²) in [7, 11) is 0. The number of rotatable bonds is 57. The monoisotopic (exact) mass is 1070 g/mol. The molecule has 0 aromatic heterocycles. The zero-order chi connectivity index (χ0) is 55.7. The standard InChI is InChI=1S/C71H118O6/c1-4-7-10-13-16-18-20-22-24-26-28-30-32-33-34-35-36-37-39-40-42-44-46-48-50-52-55-58-61-64-70(73)76-67-68(66-75-69(72)63-60-57-54-15-12-9-6-3)77-71(74)65-62-59-56-53-51-49-47-45-43-41-38-31-29-27-25-23-21-19-17-14-11-8-5-2/h7,10,16,18,22,24,27-30,33-34,36-37,40,42,46,48,52,55,68H,4-6,8-9,11-15,17,19-21,23,25-26,31-32,35,38-39,41,43-45,47,49-51,53-54,56-67H2,1-3H3/b10-7-,18-16-,24-22-,29-27-,30-28-,34-33-,37-36-,42-40-,48-46-,55-52-. The molecule has 0 heterocycles. The van der Waals surface area contributed by atoms with Crippen molar-refractivity contribution < 1.29 is 28.6 Å². The van der Waals surface area contributed by atoms with E-state index < -0.39 is 6.10 Å². The zero-order valence-electron chi connectivity index (χ0n) is 50.2. The summed E-state index contributed by atoms with van der Waals surface area (Å²) in [6.45, 7) is 6.45. The van der Waals surface area contributed by atoms with Gasteiger partial charge in [-0.1, -0.05) is 284 Å². The molecule has 0 aliphatic carbocycles. The van der Waals surface area contributed by atoms with Gasteiger partial charge in [0.05, 0.1) is 0 Å². The molecule has 0 radical (unpaired) electrons. The van der Waals surface area contributed by atoms with Gasteiger partial charge in [0.15, 0.2) is 6.10 Å². The van der Waals surface area contributed by atoms with Crippen LogP contribution in [0.25, 0.3) is 0 Å². The molecule has 6 nitrogen and oxygen atoms in total. The van der Waals surface area contributed by atoms with Gasteiger partial charge in [-0.25, -0.2) is 0 Å². The van der Waals surface area contributed by atoms with E-state index in [4.69, 9.17) is 14.2 Å². The van der Waals surface area contributed by atoms with E-state index in [-0.39, 0.29) is 37.5 Å². The summed E-state index contributed by atoms with van der Waals surface area (Å²) in [6, 6.07) is 0. The van der Waals surface area contributed by atoms with E-state index in [0.29, 0.717) is 19.3 Å². The number of hydrogen-bond donors (Lipinski definition) is 0. The third kappa shape index (κ3) is 62.5. The van der Waals surface area contributed by atoms with Crippen LogP contribution in [-0.4, -0.2) is 37.2 Å². The van der Waals surface area contributed by atoms with E-state index in [2.05, 4.69) is 142 Å². The molecule has 0 aliphatic rings. The Kier molecular flexibility index (Phi) is 60.8. The van der Waals surface area contributed by atoms with Gasteiger partial charge in [-0.2, -0.15) is 0 Å². The van der Waals surface area contributed by atoms with Crippen LogP contribution in [0.1, 0.15) is 290 Å². The fourth-order valence-electron chi connectivity index (χ4n) is 8.67. The van der Waals surface area contributed by atoms with Crippen molar-refractivity contribution in [2.24, 2.45) is 0 Å². The lowest BCUT2D eigenvalue weighted by molar-refractivity contribution is -0.167. The predicted molar refractivity (Wildman–Crippen MR) is 334 cm³/mol. The fraction of sp³-hybridized carbons (Fsp3) is 0.676. The molecule has 1 unspecified atom stereocenters. The third-order valence-corrected chi connectivity index (χ3v) is 13.5. The quantitative estimate of drug-likeness (QED) is 0.0261. The summed E-state index contributed by atoms with van der Waals surface area (Å²) in [4.78, 5) is 38.0. The van der Waals surface area contributed by atoms with Gasteiger partial charge in [0.2, 0.25) is 0 Å². The SMILES string of the molecule is CC/C=C\C/C=C\C/C=C\C/C=C\C/C=C\C/C=C\C/C=C\C/C=C\C/C=C\CCCC(=O)OCC(COC(=O)CCCCCCCCC)OC(=O)CCCCCCCCCCCCC/C=C\CCCCCCCCCC. The van der Waals surface area contributed by atoms with Crippen molar-refractivity contribution in [1.29, 1.82) is 0 Å². The third-order valence-electron chi connectivity index (χ3n) is 13.5. The largest absolute Gasteiger partial charge is 0.462 e. The maximum Gasteiger partial charge on any atom is 0.306 e. The first-order valence-corrected chi connectivity index (χ1v) is 32.0. The fourth-order valence-corrected chi connectivity index (χ4v) is 8.67. The topological polar surface area (TPSA) is 78.9 Å². The average molecular weight is 1070 g/mol. The molecule has 0 aliphatic heterocycles. The molecule has 0 saturated heterocycles. The van der Waals surface area contributed by atoms with E-state index in [1.54, 1.807) is 0 Å². The van der Waals surface area contributed by atoms with Gasteiger partial charge >= 0.3 is 17.9 Å². The van der Waals surface area contributed by atoms with Gasteiger partial charge in [-0.05, 0) is 109 Å². The predicted octanol–water partition coefficient (Wildman–Crippen LogP) is 22.0. The second-order valence-corrected chi connectivity index (χ2v) is 20.9. The minimum absolute atomic E-state index is 0.0969. The van der Waals surface area contributed by atoms with E-state index in [0.717, 1.165) is 103 Å². The minimum atomic E-state index is -0.802. The molecule has 0 N–H and O–H groups in total. The first-order valence-electron chi connectivity index (χ1n) is 32.0. The minimum Gasteiger partial charge on any atom is -0.462 e. The zero-order valence-corrected chi connectivity index (χ0v) is 50.2. The highest BCUT2D eigenvalue weighted by atomic mass is 16.6. The van der Waals surface area contributed by atoms with Crippen molar-refractivity contribution in [3.8, 4) is 0 Å². The Labute approximate surface area is 475 Å². The highest BCUT2D eigenvalue weighted by Gasteiger charge is 2.19. The summed E-state index contributed by atoms with van der Waals surface area (Å²) in [5.41, 5.74) is 0. The molecule has 438 valence electrons. The highest BCUT2D eigenvalue weighted by molar-refractivity contribution is 5.71. The maximum atomic E-state index is 12.9. The van der Waals surface area contributed by atoms with Crippen LogP contribution < -0.4 is 0 Å². The second kappa shape index (κ2) is 64.3. The summed E-state index contributed by atoms with van der Waals surface area (Å²) in [5.74, 6) is -0.964. The molecular weight excluding hydrogens is 949 g/mol. The van der Waals surface area contributed by atoms with E-state index in [1.807, 2.05) is 0 Å². The van der Waals surface area contributed by atoms with E-state index in [9.17, 15) is 14.4 Å². The van der Waals surface area contributed by atoms with Crippen molar-refractivity contribution >= 4 is 17.9 Å². The molecule has 0 bridgehead atoms. The number of unbranched alkanes of at least 4 members (excludes halogenated alkanes) is 26. The smallest absolute Gasteiger partial charge is 0.306 e. The van der Waals surface area contributed by atoms with Gasteiger partial charge in [0.25, 0.3) is 0 Å². The lowest BCUT2D eigenvalue weighted by Gasteiger charge is -2.18. The Hall–Kier alpha value is -4.19. The van der Waals surface area contributed by atoms with E-state index >= 15 is 0 Å². The van der Waals surface area contributed by atoms with Gasteiger partial charge in [0, 0.05) is 19.3 Å². The summed E-state index contributed by atoms with van der Waals surface area (Å²) < 4.78 is 16.8. The van der Waals surface area contributed by atoms with Crippen LogP contribution in [0.3, 0.4) is 0 Å². The van der Waals surface area contributed by atoms with Crippen LogP contribution in [0.4, 0.5) is 0 Å². The number of ether oxygens (including phenoxy) is 3. The molecule has 1 atom stereocenters. The summed E-state index contributed by atoms with van der Waals surface area (Å²) >= 11 is 0.